The van der Waals surface area contributed by atoms with Crippen LogP contribution in [0.1, 0.15) is 12.5 Å². The number of hydrogen-bond donors (Lipinski definition) is 1. The Balaban J connectivity index is 1.78. The van der Waals surface area contributed by atoms with Gasteiger partial charge in [0.25, 0.3) is 0 Å². The number of phenolic OH excluding ortho intramolecular Hbond substituents is 1. The highest BCUT2D eigenvalue weighted by Crippen LogP contribution is 2.28. The van der Waals surface area contributed by atoms with Gasteiger partial charge in [-0.15, -0.1) is 0 Å². The molecule has 1 N–H and O–H groups in total. The predicted octanol–water partition coefficient (Wildman–Crippen LogP) is 2.43. The van der Waals surface area contributed by atoms with E-state index in [1.165, 1.54) is 18.4 Å². The quantitative estimate of drug-likeness (QED) is 0.898. The summed E-state index contributed by atoms with van der Waals surface area (Å²) in [6.07, 6.45) is 0.879. The summed E-state index contributed by atoms with van der Waals surface area (Å²) < 4.78 is 10.5. The maximum atomic E-state index is 12.1. The average molecular weight is 367 g/mol. The summed E-state index contributed by atoms with van der Waals surface area (Å²) in [7, 11) is 0. The number of carbonyl (C=O) groups excluding carboxylic acids is 1. The van der Waals surface area contributed by atoms with E-state index in [9.17, 15) is 14.7 Å². The van der Waals surface area contributed by atoms with Crippen molar-refractivity contribution in [1.29, 1.82) is 0 Å². The summed E-state index contributed by atoms with van der Waals surface area (Å²) >= 11 is 5.81. The minimum absolute atomic E-state index is 0.00666. The van der Waals surface area contributed by atoms with E-state index in [0.29, 0.717) is 55.9 Å². The number of rotatable bonds is 3. The molecule has 1 fully saturated rings. The topological polar surface area (TPSA) is 83.2 Å². The van der Waals surface area contributed by atoms with Crippen molar-refractivity contribution in [2.24, 2.45) is 0 Å². The SMILES string of the molecule is CCOC(=O)N1CCN(Cc2c(O)ccc3c(=O)c(Cl)coc23)CC1. The van der Waals surface area contributed by atoms with E-state index in [1.807, 2.05) is 0 Å². The molecule has 0 atom stereocenters. The summed E-state index contributed by atoms with van der Waals surface area (Å²) in [6, 6.07) is 2.98. The normalized spacial score (nSPS) is 15.5. The second-order valence-electron chi connectivity index (χ2n) is 5.81. The molecule has 0 radical (unpaired) electrons. The number of ether oxygens (including phenoxy) is 1. The summed E-state index contributed by atoms with van der Waals surface area (Å²) in [4.78, 5) is 27.6. The van der Waals surface area contributed by atoms with Gasteiger partial charge in [0.2, 0.25) is 5.43 Å². The van der Waals surface area contributed by atoms with Gasteiger partial charge in [0.15, 0.2) is 0 Å². The third kappa shape index (κ3) is 3.57. The third-order valence-corrected chi connectivity index (χ3v) is 4.52. The van der Waals surface area contributed by atoms with Gasteiger partial charge in [0.1, 0.15) is 22.6 Å². The zero-order valence-corrected chi connectivity index (χ0v) is 14.6. The van der Waals surface area contributed by atoms with E-state index in [0.717, 1.165) is 0 Å². The lowest BCUT2D eigenvalue weighted by molar-refractivity contribution is 0.0776. The summed E-state index contributed by atoms with van der Waals surface area (Å²) in [5.41, 5.74) is 0.550. The van der Waals surface area contributed by atoms with Crippen LogP contribution in [0.2, 0.25) is 5.02 Å². The van der Waals surface area contributed by atoms with Crippen LogP contribution in [0.15, 0.2) is 27.6 Å². The first-order valence-corrected chi connectivity index (χ1v) is 8.45. The van der Waals surface area contributed by atoms with Crippen molar-refractivity contribution in [2.75, 3.05) is 32.8 Å². The molecular weight excluding hydrogens is 348 g/mol. The van der Waals surface area contributed by atoms with Crippen LogP contribution >= 0.6 is 11.6 Å². The average Bonchev–Trinajstić information content (AvgIpc) is 2.61. The Bertz CT molecular complexity index is 843. The van der Waals surface area contributed by atoms with Gasteiger partial charge in [0, 0.05) is 32.7 Å². The lowest BCUT2D eigenvalue weighted by atomic mass is 10.1. The second-order valence-corrected chi connectivity index (χ2v) is 6.22. The van der Waals surface area contributed by atoms with Crippen molar-refractivity contribution in [3.8, 4) is 5.75 Å². The molecular formula is C17H19ClN2O5. The monoisotopic (exact) mass is 366 g/mol. The Morgan fingerprint density at radius 3 is 2.72 bits per heavy atom. The minimum Gasteiger partial charge on any atom is -0.507 e. The van der Waals surface area contributed by atoms with E-state index in [-0.39, 0.29) is 22.3 Å². The lowest BCUT2D eigenvalue weighted by Crippen LogP contribution is -2.48. The van der Waals surface area contributed by atoms with Crippen LogP contribution in [-0.4, -0.2) is 53.8 Å². The number of benzene rings is 1. The Hall–Kier alpha value is -2.25. The molecule has 2 heterocycles. The summed E-state index contributed by atoms with van der Waals surface area (Å²) in [5, 5.41) is 10.5. The molecule has 0 bridgehead atoms. The summed E-state index contributed by atoms with van der Waals surface area (Å²) in [5.74, 6) is 0.0609. The molecule has 0 aliphatic carbocycles. The van der Waals surface area contributed by atoms with Gasteiger partial charge >= 0.3 is 6.09 Å². The molecule has 7 nitrogen and oxygen atoms in total. The van der Waals surface area contributed by atoms with E-state index >= 15 is 0 Å². The Morgan fingerprint density at radius 1 is 1.32 bits per heavy atom. The van der Waals surface area contributed by atoms with Crippen molar-refractivity contribution < 1.29 is 19.1 Å². The molecule has 1 saturated heterocycles. The molecule has 1 aliphatic heterocycles. The number of piperazine rings is 1. The fourth-order valence-corrected chi connectivity index (χ4v) is 3.05. The third-order valence-electron chi connectivity index (χ3n) is 4.26. The number of aromatic hydroxyl groups is 1. The highest BCUT2D eigenvalue weighted by molar-refractivity contribution is 6.30. The van der Waals surface area contributed by atoms with Crippen molar-refractivity contribution in [3.63, 3.8) is 0 Å². The van der Waals surface area contributed by atoms with Gasteiger partial charge in [-0.3, -0.25) is 9.69 Å². The largest absolute Gasteiger partial charge is 0.507 e. The zero-order chi connectivity index (χ0) is 18.0. The van der Waals surface area contributed by atoms with Gasteiger partial charge in [-0.2, -0.15) is 0 Å². The lowest BCUT2D eigenvalue weighted by Gasteiger charge is -2.34. The van der Waals surface area contributed by atoms with Gasteiger partial charge in [-0.1, -0.05) is 11.6 Å². The van der Waals surface area contributed by atoms with Crippen LogP contribution in [-0.2, 0) is 11.3 Å². The van der Waals surface area contributed by atoms with Gasteiger partial charge in [-0.25, -0.2) is 4.79 Å². The zero-order valence-electron chi connectivity index (χ0n) is 13.8. The Kier molecular flexibility index (Phi) is 5.15. The number of halogens is 1. The van der Waals surface area contributed by atoms with E-state index in [4.69, 9.17) is 20.8 Å². The number of carbonyl (C=O) groups is 1. The highest BCUT2D eigenvalue weighted by atomic mass is 35.5. The number of nitrogens with zero attached hydrogens (tertiary/aromatic N) is 2. The van der Waals surface area contributed by atoms with E-state index < -0.39 is 0 Å². The van der Waals surface area contributed by atoms with E-state index in [1.54, 1.807) is 11.8 Å². The highest BCUT2D eigenvalue weighted by Gasteiger charge is 2.24. The fourth-order valence-electron chi connectivity index (χ4n) is 2.90. The van der Waals surface area contributed by atoms with Gasteiger partial charge < -0.3 is 19.2 Å². The van der Waals surface area contributed by atoms with Crippen LogP contribution in [0.5, 0.6) is 5.75 Å². The molecule has 1 aromatic carbocycles. The first-order valence-electron chi connectivity index (χ1n) is 8.07. The molecule has 0 spiro atoms. The van der Waals surface area contributed by atoms with Crippen molar-refractivity contribution >= 4 is 28.7 Å². The fraction of sp³-hybridized carbons (Fsp3) is 0.412. The predicted molar refractivity (Wildman–Crippen MR) is 93.0 cm³/mol. The van der Waals surface area contributed by atoms with Crippen LogP contribution in [0.4, 0.5) is 4.79 Å². The second kappa shape index (κ2) is 7.33. The molecule has 1 aliphatic rings. The van der Waals surface area contributed by atoms with Crippen molar-refractivity contribution in [3.05, 3.63) is 39.2 Å². The number of amides is 1. The maximum Gasteiger partial charge on any atom is 0.409 e. The van der Waals surface area contributed by atoms with Gasteiger partial charge in [0.05, 0.1) is 17.6 Å². The van der Waals surface area contributed by atoms with Crippen LogP contribution < -0.4 is 5.43 Å². The maximum absolute atomic E-state index is 12.1. The molecule has 25 heavy (non-hydrogen) atoms. The van der Waals surface area contributed by atoms with Crippen molar-refractivity contribution in [1.82, 2.24) is 9.80 Å². The number of fused-ring (bicyclic) bond motifs is 1. The van der Waals surface area contributed by atoms with E-state index in [2.05, 4.69) is 4.90 Å². The molecule has 134 valence electrons. The first kappa shape index (κ1) is 17.6. The minimum atomic E-state index is -0.323. The van der Waals surface area contributed by atoms with Crippen LogP contribution in [0.3, 0.4) is 0 Å². The first-order chi connectivity index (χ1) is 12.0. The molecule has 0 unspecified atom stereocenters. The number of phenols is 1. The molecule has 8 heteroatoms. The van der Waals surface area contributed by atoms with Crippen LogP contribution in [0, 0.1) is 0 Å². The molecule has 0 saturated carbocycles. The molecule has 2 aromatic rings. The van der Waals surface area contributed by atoms with Crippen LogP contribution in [0.25, 0.3) is 11.0 Å². The standard InChI is InChI=1S/C17H19ClN2O5/c1-2-24-17(23)20-7-5-19(6-8-20)9-12-14(21)4-3-11-15(22)13(18)10-25-16(11)12/h3-4,10,21H,2,5-9H2,1H3. The van der Waals surface area contributed by atoms with Gasteiger partial charge in [-0.05, 0) is 19.1 Å². The Labute approximate surface area is 149 Å². The molecule has 3 rings (SSSR count). The smallest absolute Gasteiger partial charge is 0.409 e. The molecule has 1 aromatic heterocycles. The Morgan fingerprint density at radius 2 is 2.04 bits per heavy atom. The van der Waals surface area contributed by atoms with Crippen molar-refractivity contribution in [2.45, 2.75) is 13.5 Å². The molecule has 1 amide bonds. The summed E-state index contributed by atoms with van der Waals surface area (Å²) in [6.45, 7) is 4.88. The number of hydrogen-bond acceptors (Lipinski definition) is 6.